The Balaban J connectivity index is 2.66. The third kappa shape index (κ3) is 2.64. The number of rotatable bonds is 4. The minimum Gasteiger partial charge on any atom is -0.594 e. The van der Waals surface area contributed by atoms with Gasteiger partial charge in [-0.3, -0.25) is 40.5 Å². The number of nitro groups is 4. The normalized spacial score (nSPS) is 10.8. The highest BCUT2D eigenvalue weighted by Crippen LogP contribution is 2.38. The summed E-state index contributed by atoms with van der Waals surface area (Å²) in [6, 6.07) is 2.56. The van der Waals surface area contributed by atoms with E-state index in [9.17, 15) is 45.7 Å². The highest BCUT2D eigenvalue weighted by molar-refractivity contribution is 6.11. The maximum atomic E-state index is 12.1. The van der Waals surface area contributed by atoms with Crippen LogP contribution in [0, 0.1) is 45.7 Å². The van der Waals surface area contributed by atoms with Crippen LogP contribution >= 0.6 is 0 Å². The smallest absolute Gasteiger partial charge is 0.308 e. The maximum Gasteiger partial charge on any atom is 0.308 e. The average Bonchev–Trinajstić information content (AvgIpc) is 2.59. The minimum atomic E-state index is -1.04. The average molecular weight is 376 g/mol. The molecule has 3 aromatic rings. The number of non-ortho nitro benzene ring substituents is 4. The number of hydrogen-bond donors (Lipinski definition) is 0. The molecule has 0 amide bonds. The van der Waals surface area contributed by atoms with Crippen LogP contribution in [-0.4, -0.2) is 24.8 Å². The third-order valence-corrected chi connectivity index (χ3v) is 3.64. The van der Waals surface area contributed by atoms with Crippen molar-refractivity contribution in [2.45, 2.75) is 0 Å². The van der Waals surface area contributed by atoms with Gasteiger partial charge in [0.2, 0.25) is 5.52 Å². The van der Waals surface area contributed by atoms with Crippen molar-refractivity contribution >= 4 is 44.6 Å². The van der Waals surface area contributed by atoms with E-state index in [1.165, 1.54) is 0 Å². The lowest BCUT2D eigenvalue weighted by atomic mass is 10.1. The zero-order valence-electron chi connectivity index (χ0n) is 12.7. The van der Waals surface area contributed by atoms with Crippen LogP contribution in [0.15, 0.2) is 24.3 Å². The van der Waals surface area contributed by atoms with Crippen LogP contribution in [-0.2, 0) is 0 Å². The van der Waals surface area contributed by atoms with E-state index in [2.05, 4.69) is 5.10 Å². The zero-order chi connectivity index (χ0) is 20.0. The Bertz CT molecular complexity index is 1210. The summed E-state index contributed by atoms with van der Waals surface area (Å²) in [6.07, 6.45) is 0. The third-order valence-electron chi connectivity index (χ3n) is 3.64. The molecule has 15 nitrogen and oxygen atoms in total. The van der Waals surface area contributed by atoms with E-state index < -0.39 is 64.2 Å². The molecule has 0 spiro atoms. The van der Waals surface area contributed by atoms with E-state index in [0.717, 1.165) is 6.07 Å². The monoisotopic (exact) mass is 376 g/mol. The SMILES string of the molecule is O=[N+]([O-])c1cc([N+](=O)[O-])c2n[n+]([O-])c3cc([N+](=O)[O-])cc([N+](=O)[O-])c3c2c1. The van der Waals surface area contributed by atoms with Crippen molar-refractivity contribution in [2.75, 3.05) is 0 Å². The molecule has 0 fully saturated rings. The Labute approximate surface area is 145 Å². The summed E-state index contributed by atoms with van der Waals surface area (Å²) in [5.41, 5.74) is -4.68. The second-order valence-electron chi connectivity index (χ2n) is 5.12. The summed E-state index contributed by atoms with van der Waals surface area (Å²) < 4.78 is 0. The quantitative estimate of drug-likeness (QED) is 0.211. The molecule has 0 radical (unpaired) electrons. The molecule has 3 rings (SSSR count). The van der Waals surface area contributed by atoms with Gasteiger partial charge < -0.3 is 5.21 Å². The molecule has 0 atom stereocenters. The van der Waals surface area contributed by atoms with E-state index >= 15 is 0 Å². The lowest BCUT2D eigenvalue weighted by Gasteiger charge is -2.05. The van der Waals surface area contributed by atoms with Crippen molar-refractivity contribution in [1.82, 2.24) is 5.10 Å². The van der Waals surface area contributed by atoms with E-state index in [-0.39, 0.29) is 4.85 Å². The molecular weight excluding hydrogens is 372 g/mol. The van der Waals surface area contributed by atoms with Gasteiger partial charge >= 0.3 is 5.69 Å². The van der Waals surface area contributed by atoms with Crippen molar-refractivity contribution in [1.29, 1.82) is 0 Å². The van der Waals surface area contributed by atoms with Crippen molar-refractivity contribution < 1.29 is 24.5 Å². The number of aromatic nitrogens is 2. The molecule has 1 aromatic heterocycles. The Morgan fingerprint density at radius 3 is 1.78 bits per heavy atom. The van der Waals surface area contributed by atoms with Crippen LogP contribution in [0.25, 0.3) is 21.8 Å². The van der Waals surface area contributed by atoms with E-state index in [0.29, 0.717) is 18.2 Å². The zero-order valence-corrected chi connectivity index (χ0v) is 12.7. The molecule has 136 valence electrons. The van der Waals surface area contributed by atoms with Gasteiger partial charge in [0.1, 0.15) is 5.39 Å². The molecule has 0 bridgehead atoms. The number of benzene rings is 2. The number of nitro benzene ring substituents is 4. The van der Waals surface area contributed by atoms with Crippen molar-refractivity contribution in [3.8, 4) is 0 Å². The van der Waals surface area contributed by atoms with Crippen LogP contribution in [0.4, 0.5) is 22.7 Å². The van der Waals surface area contributed by atoms with Gasteiger partial charge in [0, 0.05) is 16.6 Å². The summed E-state index contributed by atoms with van der Waals surface area (Å²) in [6.45, 7) is 0. The van der Waals surface area contributed by atoms with Gasteiger partial charge in [0.15, 0.2) is 0 Å². The second kappa shape index (κ2) is 5.76. The topological polar surface area (TPSA) is 212 Å². The second-order valence-corrected chi connectivity index (χ2v) is 5.12. The molecule has 15 heteroatoms. The number of fused-ring (bicyclic) bond motifs is 3. The number of nitrogens with zero attached hydrogens (tertiary/aromatic N) is 6. The molecule has 27 heavy (non-hydrogen) atoms. The summed E-state index contributed by atoms with van der Waals surface area (Å²) in [7, 11) is 0. The fourth-order valence-electron chi connectivity index (χ4n) is 2.56. The predicted octanol–water partition coefficient (Wildman–Crippen LogP) is 1.65. The molecule has 0 aliphatic heterocycles. The lowest BCUT2D eigenvalue weighted by molar-refractivity contribution is -0.640. The molecule has 0 aliphatic carbocycles. The Kier molecular flexibility index (Phi) is 3.68. The van der Waals surface area contributed by atoms with Gasteiger partial charge in [0.25, 0.3) is 22.6 Å². The van der Waals surface area contributed by atoms with Gasteiger partial charge in [-0.15, -0.1) is 0 Å². The van der Waals surface area contributed by atoms with E-state index in [1.54, 1.807) is 0 Å². The van der Waals surface area contributed by atoms with Crippen molar-refractivity contribution in [2.24, 2.45) is 0 Å². The van der Waals surface area contributed by atoms with E-state index in [1.807, 2.05) is 0 Å². The fraction of sp³-hybridized carbons (Fsp3) is 0. The fourth-order valence-corrected chi connectivity index (χ4v) is 2.56. The van der Waals surface area contributed by atoms with Crippen LogP contribution < -0.4 is 4.85 Å². The van der Waals surface area contributed by atoms with E-state index in [4.69, 9.17) is 0 Å². The highest BCUT2D eigenvalue weighted by Gasteiger charge is 2.32. The molecule has 2 aromatic carbocycles. The van der Waals surface area contributed by atoms with Gasteiger partial charge in [0.05, 0.1) is 37.9 Å². The lowest BCUT2D eigenvalue weighted by Crippen LogP contribution is -2.32. The highest BCUT2D eigenvalue weighted by atomic mass is 16.6. The standard InChI is InChI=1S/C12H4N6O9/c19-14-8-2-6(16(22)23)3-9(17(24)25)11(8)7-1-5(15(20)21)4-10(18(26)27)12(7)13-14/h1-4H. The summed E-state index contributed by atoms with van der Waals surface area (Å²) >= 11 is 0. The molecule has 0 N–H and O–H groups in total. The predicted molar refractivity (Wildman–Crippen MR) is 84.8 cm³/mol. The first-order valence-corrected chi connectivity index (χ1v) is 6.74. The van der Waals surface area contributed by atoms with Crippen LogP contribution in [0.1, 0.15) is 0 Å². The first kappa shape index (κ1) is 17.3. The Morgan fingerprint density at radius 1 is 0.741 bits per heavy atom. The van der Waals surface area contributed by atoms with Crippen molar-refractivity contribution in [3.63, 3.8) is 0 Å². The largest absolute Gasteiger partial charge is 0.594 e. The minimum absolute atomic E-state index is 0.240. The summed E-state index contributed by atoms with van der Waals surface area (Å²) in [4.78, 5) is 40.3. The summed E-state index contributed by atoms with van der Waals surface area (Å²) in [5, 5.41) is 59.1. The maximum absolute atomic E-state index is 12.1. The molecule has 0 aliphatic rings. The first-order chi connectivity index (χ1) is 12.6. The Hall–Kier alpha value is -4.56. The molecule has 1 heterocycles. The van der Waals surface area contributed by atoms with Crippen LogP contribution in [0.2, 0.25) is 0 Å². The van der Waals surface area contributed by atoms with Gasteiger partial charge in [-0.05, 0) is 4.85 Å². The van der Waals surface area contributed by atoms with Crippen molar-refractivity contribution in [3.05, 3.63) is 69.9 Å². The molecular formula is C12H4N6O9. The first-order valence-electron chi connectivity index (χ1n) is 6.74. The molecule has 0 saturated heterocycles. The van der Waals surface area contributed by atoms with Crippen LogP contribution in [0.3, 0.4) is 0 Å². The molecule has 0 saturated carbocycles. The molecule has 0 unspecified atom stereocenters. The van der Waals surface area contributed by atoms with Gasteiger partial charge in [-0.1, -0.05) is 0 Å². The summed E-state index contributed by atoms with van der Waals surface area (Å²) in [5.74, 6) is 0. The Morgan fingerprint density at radius 2 is 1.26 bits per heavy atom. The van der Waals surface area contributed by atoms with Gasteiger partial charge in [-0.2, -0.15) is 0 Å². The van der Waals surface area contributed by atoms with Gasteiger partial charge in [-0.25, -0.2) is 0 Å². The number of hydrogen-bond acceptors (Lipinski definition) is 10. The van der Waals surface area contributed by atoms with Crippen LogP contribution in [0.5, 0.6) is 0 Å².